The molecule has 1 unspecified atom stereocenters. The summed E-state index contributed by atoms with van der Waals surface area (Å²) >= 11 is 6.04. The zero-order chi connectivity index (χ0) is 14.3. The molecule has 0 radical (unpaired) electrons. The Morgan fingerprint density at radius 1 is 1.35 bits per heavy atom. The van der Waals surface area contributed by atoms with Crippen LogP contribution in [0.15, 0.2) is 28.8 Å². The Morgan fingerprint density at radius 2 is 2.15 bits per heavy atom. The largest absolute Gasteiger partial charge is 0.464 e. The number of halogens is 1. The van der Waals surface area contributed by atoms with Gasteiger partial charge in [-0.05, 0) is 44.5 Å². The third kappa shape index (κ3) is 2.10. The minimum absolute atomic E-state index is 0.0117. The molecule has 0 aromatic carbocycles. The van der Waals surface area contributed by atoms with Gasteiger partial charge in [-0.3, -0.25) is 0 Å². The maximum absolute atomic E-state index is 6.04. The molecule has 3 rings (SSSR count). The first kappa shape index (κ1) is 13.2. The highest BCUT2D eigenvalue weighted by molar-refractivity contribution is 6.16. The van der Waals surface area contributed by atoms with E-state index in [0.717, 1.165) is 34.1 Å². The zero-order valence-corrected chi connectivity index (χ0v) is 12.5. The van der Waals surface area contributed by atoms with Crippen LogP contribution in [0.5, 0.6) is 0 Å². The molecule has 3 aromatic rings. The Kier molecular flexibility index (Phi) is 3.26. The number of aryl methyl sites for hydroxylation is 2. The fraction of sp³-hybridized carbons (Fsp3) is 0.333. The molecule has 0 bridgehead atoms. The molecule has 3 heterocycles. The van der Waals surface area contributed by atoms with Gasteiger partial charge in [0.15, 0.2) is 5.65 Å². The van der Waals surface area contributed by atoms with Crippen molar-refractivity contribution in [1.82, 2.24) is 14.5 Å². The summed E-state index contributed by atoms with van der Waals surface area (Å²) in [6.07, 6.45) is 1.85. The average molecular weight is 290 g/mol. The molecule has 5 heteroatoms. The lowest BCUT2D eigenvalue weighted by molar-refractivity contribution is 0.428. The van der Waals surface area contributed by atoms with Gasteiger partial charge in [-0.1, -0.05) is 0 Å². The normalized spacial score (nSPS) is 13.0. The molecular formula is C15H16ClN3O. The van der Waals surface area contributed by atoms with Crippen molar-refractivity contribution in [2.75, 3.05) is 0 Å². The fourth-order valence-electron chi connectivity index (χ4n) is 2.44. The van der Waals surface area contributed by atoms with Crippen molar-refractivity contribution in [3.05, 3.63) is 47.3 Å². The van der Waals surface area contributed by atoms with Crippen molar-refractivity contribution < 1.29 is 4.42 Å². The van der Waals surface area contributed by atoms with Crippen molar-refractivity contribution in [1.29, 1.82) is 0 Å². The minimum Gasteiger partial charge on any atom is -0.464 e. The number of alkyl halides is 1. The highest BCUT2D eigenvalue weighted by atomic mass is 35.5. The molecule has 0 aliphatic heterocycles. The molecule has 104 valence electrons. The highest BCUT2D eigenvalue weighted by Crippen LogP contribution is 2.27. The van der Waals surface area contributed by atoms with E-state index < -0.39 is 0 Å². The SMILES string of the molecule is Cc1cnc2c(c1)nc(CCl)n2C(C)c1ccc(C)o1. The topological polar surface area (TPSA) is 43.9 Å². The van der Waals surface area contributed by atoms with E-state index in [1.54, 1.807) is 0 Å². The summed E-state index contributed by atoms with van der Waals surface area (Å²) in [5.74, 6) is 2.93. The second-order valence-corrected chi connectivity index (χ2v) is 5.28. The first-order valence-electron chi connectivity index (χ1n) is 6.56. The van der Waals surface area contributed by atoms with E-state index >= 15 is 0 Å². The summed E-state index contributed by atoms with van der Waals surface area (Å²) in [6, 6.07) is 5.98. The standard InChI is InChI=1S/C15H16ClN3O/c1-9-6-12-15(17-8-9)19(14(7-16)18-12)11(3)13-5-4-10(2)20-13/h4-6,8,11H,7H2,1-3H3. The number of imidazole rings is 1. The van der Waals surface area contributed by atoms with E-state index in [2.05, 4.69) is 16.9 Å². The van der Waals surface area contributed by atoms with Crippen molar-refractivity contribution in [2.24, 2.45) is 0 Å². The van der Waals surface area contributed by atoms with Crippen LogP contribution in [0.4, 0.5) is 0 Å². The molecule has 3 aromatic heterocycles. The Morgan fingerprint density at radius 3 is 2.80 bits per heavy atom. The van der Waals surface area contributed by atoms with Crippen molar-refractivity contribution >= 4 is 22.8 Å². The van der Waals surface area contributed by atoms with Crippen LogP contribution < -0.4 is 0 Å². The van der Waals surface area contributed by atoms with Gasteiger partial charge in [0.05, 0.1) is 11.9 Å². The molecule has 0 saturated carbocycles. The van der Waals surface area contributed by atoms with Gasteiger partial charge in [0.2, 0.25) is 0 Å². The number of rotatable bonds is 3. The number of aromatic nitrogens is 3. The Bertz CT molecular complexity index is 760. The number of furan rings is 1. The highest BCUT2D eigenvalue weighted by Gasteiger charge is 2.20. The first-order chi connectivity index (χ1) is 9.60. The predicted octanol–water partition coefficient (Wildman–Crippen LogP) is 3.99. The smallest absolute Gasteiger partial charge is 0.160 e. The van der Waals surface area contributed by atoms with E-state index in [9.17, 15) is 0 Å². The molecule has 20 heavy (non-hydrogen) atoms. The van der Waals surface area contributed by atoms with E-state index in [0.29, 0.717) is 5.88 Å². The Hall–Kier alpha value is -1.81. The zero-order valence-electron chi connectivity index (χ0n) is 11.7. The second-order valence-electron chi connectivity index (χ2n) is 5.01. The van der Waals surface area contributed by atoms with Crippen molar-refractivity contribution in [3.63, 3.8) is 0 Å². The van der Waals surface area contributed by atoms with Gasteiger partial charge >= 0.3 is 0 Å². The van der Waals surface area contributed by atoms with E-state index in [4.69, 9.17) is 16.0 Å². The Labute approximate surface area is 122 Å². The van der Waals surface area contributed by atoms with Crippen LogP contribution in [0.2, 0.25) is 0 Å². The van der Waals surface area contributed by atoms with E-state index in [-0.39, 0.29) is 6.04 Å². The minimum atomic E-state index is 0.0117. The monoisotopic (exact) mass is 289 g/mol. The average Bonchev–Trinajstić information content (AvgIpc) is 3.00. The summed E-state index contributed by atoms with van der Waals surface area (Å²) in [5.41, 5.74) is 2.80. The van der Waals surface area contributed by atoms with Crippen LogP contribution >= 0.6 is 11.6 Å². The number of hydrogen-bond acceptors (Lipinski definition) is 3. The summed E-state index contributed by atoms with van der Waals surface area (Å²) < 4.78 is 7.76. The maximum atomic E-state index is 6.04. The third-order valence-corrected chi connectivity index (χ3v) is 3.66. The lowest BCUT2D eigenvalue weighted by atomic mass is 10.2. The van der Waals surface area contributed by atoms with Crippen LogP contribution in [0.1, 0.15) is 35.9 Å². The summed E-state index contributed by atoms with van der Waals surface area (Å²) in [6.45, 7) is 6.01. The summed E-state index contributed by atoms with van der Waals surface area (Å²) in [5, 5.41) is 0. The lowest BCUT2D eigenvalue weighted by Crippen LogP contribution is -2.09. The lowest BCUT2D eigenvalue weighted by Gasteiger charge is -2.14. The van der Waals surface area contributed by atoms with Gasteiger partial charge < -0.3 is 8.98 Å². The Balaban J connectivity index is 2.18. The number of hydrogen-bond donors (Lipinski definition) is 0. The van der Waals surface area contributed by atoms with Crippen LogP contribution in [0, 0.1) is 13.8 Å². The van der Waals surface area contributed by atoms with Crippen LogP contribution in [-0.2, 0) is 5.88 Å². The molecule has 0 spiro atoms. The molecule has 4 nitrogen and oxygen atoms in total. The molecular weight excluding hydrogens is 274 g/mol. The predicted molar refractivity (Wildman–Crippen MR) is 79.1 cm³/mol. The summed E-state index contributed by atoms with van der Waals surface area (Å²) in [7, 11) is 0. The molecule has 0 aliphatic rings. The maximum Gasteiger partial charge on any atom is 0.160 e. The quantitative estimate of drug-likeness (QED) is 0.685. The molecule has 0 N–H and O–H groups in total. The van der Waals surface area contributed by atoms with Crippen LogP contribution in [-0.4, -0.2) is 14.5 Å². The molecule has 0 amide bonds. The van der Waals surface area contributed by atoms with Gasteiger partial charge in [-0.25, -0.2) is 9.97 Å². The molecule has 0 saturated heterocycles. The van der Waals surface area contributed by atoms with Gasteiger partial charge in [-0.2, -0.15) is 0 Å². The van der Waals surface area contributed by atoms with Gasteiger partial charge in [0.1, 0.15) is 22.9 Å². The number of nitrogens with zero attached hydrogens (tertiary/aromatic N) is 3. The summed E-state index contributed by atoms with van der Waals surface area (Å²) in [4.78, 5) is 9.08. The molecule has 0 aliphatic carbocycles. The van der Waals surface area contributed by atoms with Crippen molar-refractivity contribution in [3.8, 4) is 0 Å². The van der Waals surface area contributed by atoms with Crippen LogP contribution in [0.25, 0.3) is 11.2 Å². The van der Waals surface area contributed by atoms with Crippen molar-refractivity contribution in [2.45, 2.75) is 32.7 Å². The van der Waals surface area contributed by atoms with Gasteiger partial charge in [-0.15, -0.1) is 11.6 Å². The molecule has 0 fully saturated rings. The van der Waals surface area contributed by atoms with E-state index in [1.165, 1.54) is 0 Å². The number of pyridine rings is 1. The fourth-order valence-corrected chi connectivity index (χ4v) is 2.62. The first-order valence-corrected chi connectivity index (χ1v) is 7.09. The van der Waals surface area contributed by atoms with Crippen LogP contribution in [0.3, 0.4) is 0 Å². The van der Waals surface area contributed by atoms with Gasteiger partial charge in [0.25, 0.3) is 0 Å². The second kappa shape index (κ2) is 4.94. The molecule has 1 atom stereocenters. The van der Waals surface area contributed by atoms with Gasteiger partial charge in [0, 0.05) is 6.20 Å². The van der Waals surface area contributed by atoms with E-state index in [1.807, 2.05) is 42.8 Å². The third-order valence-electron chi connectivity index (χ3n) is 3.42. The number of fused-ring (bicyclic) bond motifs is 1.